The summed E-state index contributed by atoms with van der Waals surface area (Å²) in [5.74, 6) is -8.99. The summed E-state index contributed by atoms with van der Waals surface area (Å²) < 4.78 is 14.1. The predicted molar refractivity (Wildman–Crippen MR) is 228 cm³/mol. The summed E-state index contributed by atoms with van der Waals surface area (Å²) in [5.41, 5.74) is 0.133. The molecule has 3 saturated heterocycles. The quantitative estimate of drug-likeness (QED) is 0.0277. The van der Waals surface area contributed by atoms with Crippen LogP contribution in [0.25, 0.3) is 0 Å². The van der Waals surface area contributed by atoms with Gasteiger partial charge in [0.15, 0.2) is 11.5 Å². The largest absolute Gasteiger partial charge is 0.504 e. The zero-order valence-electron chi connectivity index (χ0n) is 36.8. The van der Waals surface area contributed by atoms with Gasteiger partial charge in [-0.1, -0.05) is 41.9 Å². The maximum atomic E-state index is 14.6. The van der Waals surface area contributed by atoms with Crippen molar-refractivity contribution in [1.29, 1.82) is 0 Å². The molecule has 3 aliphatic heterocycles. The van der Waals surface area contributed by atoms with Gasteiger partial charge in [0.2, 0.25) is 35.4 Å². The van der Waals surface area contributed by atoms with Gasteiger partial charge in [0.05, 0.1) is 36.6 Å². The van der Waals surface area contributed by atoms with Crippen LogP contribution in [0.5, 0.6) is 11.5 Å². The lowest BCUT2D eigenvalue weighted by Gasteiger charge is -2.34. The van der Waals surface area contributed by atoms with E-state index in [1.807, 2.05) is 0 Å². The second kappa shape index (κ2) is 25.1. The Morgan fingerprint density at radius 2 is 1.57 bits per heavy atom. The van der Waals surface area contributed by atoms with E-state index in [-0.39, 0.29) is 49.8 Å². The van der Waals surface area contributed by atoms with Gasteiger partial charge in [0.25, 0.3) is 12.3 Å². The first-order valence-electron chi connectivity index (χ1n) is 21.2. The Bertz CT molecular complexity index is 1930. The van der Waals surface area contributed by atoms with Gasteiger partial charge in [-0.05, 0) is 37.5 Å². The number of phenols is 1. The number of alkyl carbamates (subject to hydrolysis) is 1. The van der Waals surface area contributed by atoms with Crippen molar-refractivity contribution in [2.24, 2.45) is 11.8 Å². The fraction of sp³-hybridized carbons (Fsp3) is 0.625. The summed E-state index contributed by atoms with van der Waals surface area (Å²) in [5, 5.41) is 101. The van der Waals surface area contributed by atoms with E-state index in [0.29, 0.717) is 0 Å². The van der Waals surface area contributed by atoms with Gasteiger partial charge in [0, 0.05) is 50.9 Å². The van der Waals surface area contributed by atoms with Crippen molar-refractivity contribution < 1.29 is 92.9 Å². The fourth-order valence-corrected chi connectivity index (χ4v) is 8.08. The van der Waals surface area contributed by atoms with Gasteiger partial charge in [-0.15, -0.1) is 0 Å². The summed E-state index contributed by atoms with van der Waals surface area (Å²) in [6.45, 7) is 5.73. The molecule has 0 aliphatic carbocycles. The van der Waals surface area contributed by atoms with E-state index in [1.165, 1.54) is 39.0 Å². The molecule has 0 saturated carbocycles. The van der Waals surface area contributed by atoms with Crippen LogP contribution in [0.3, 0.4) is 0 Å². The summed E-state index contributed by atoms with van der Waals surface area (Å²) >= 11 is 0.0805. The molecule has 374 valence electrons. The average molecular weight is 974 g/mol. The molecule has 3 heterocycles. The topological polar surface area (TPSA) is 385 Å². The molecule has 26 nitrogen and oxygen atoms in total. The highest BCUT2D eigenvalue weighted by atomic mass is 32.2. The molecule has 27 heteroatoms. The third kappa shape index (κ3) is 14.6. The van der Waals surface area contributed by atoms with Crippen LogP contribution in [0, 0.1) is 11.8 Å². The van der Waals surface area contributed by atoms with Crippen LogP contribution in [0.15, 0.2) is 30.9 Å². The smallest absolute Gasteiger partial charge is 0.407 e. The SMILES string of the molecule is C=CCOC(=O)NCC[C@@H](O)[C@@H]1NC(=O)[C@H]([C@H](O)Cc2ccc(O)c(OSOOO)c2)NC(=O)[C@@H]2C[C@@H](O)CN2C(=O)[C@H]([C@@H](C)O)NC(=O)[C@@H](C)C[C@@H](O)CNC(=O)[C@@H]2[C@@H](O)[C@@H](C)CN2C1=O. The minimum absolute atomic E-state index is 0.0805. The number of rotatable bonds is 14. The van der Waals surface area contributed by atoms with E-state index < -0.39 is 158 Å². The van der Waals surface area contributed by atoms with Gasteiger partial charge >= 0.3 is 6.09 Å². The first-order chi connectivity index (χ1) is 31.7. The number of amides is 7. The van der Waals surface area contributed by atoms with Crippen LogP contribution in [-0.2, 0) is 49.3 Å². The highest BCUT2D eigenvalue weighted by molar-refractivity contribution is 7.90. The lowest BCUT2D eigenvalue weighted by Crippen LogP contribution is -2.64. The van der Waals surface area contributed by atoms with Crippen molar-refractivity contribution in [3.63, 3.8) is 0 Å². The Kier molecular flexibility index (Phi) is 20.3. The molecular weight excluding hydrogens is 915 g/mol. The Balaban J connectivity index is 1.81. The number of hydrogen-bond acceptors (Lipinski definition) is 20. The maximum Gasteiger partial charge on any atom is 0.407 e. The monoisotopic (exact) mass is 973 g/mol. The first-order valence-corrected chi connectivity index (χ1v) is 21.9. The van der Waals surface area contributed by atoms with Gasteiger partial charge < -0.3 is 81.0 Å². The Hall–Kier alpha value is -5.36. The second-order valence-corrected chi connectivity index (χ2v) is 17.0. The number of aliphatic hydroxyl groups excluding tert-OH is 6. The van der Waals surface area contributed by atoms with Gasteiger partial charge in [0.1, 0.15) is 36.8 Å². The Morgan fingerprint density at radius 1 is 0.896 bits per heavy atom. The van der Waals surface area contributed by atoms with Crippen LogP contribution in [0.4, 0.5) is 4.79 Å². The van der Waals surface area contributed by atoms with E-state index in [2.05, 4.69) is 42.5 Å². The molecule has 13 N–H and O–H groups in total. The molecule has 0 aromatic heterocycles. The van der Waals surface area contributed by atoms with E-state index in [0.717, 1.165) is 15.9 Å². The van der Waals surface area contributed by atoms with Gasteiger partial charge in [-0.2, -0.15) is 0 Å². The molecule has 3 fully saturated rings. The van der Waals surface area contributed by atoms with Crippen LogP contribution in [0.2, 0.25) is 0 Å². The first kappa shape index (κ1) is 54.2. The third-order valence-electron chi connectivity index (χ3n) is 11.4. The number of aliphatic hydroxyl groups is 6. The normalized spacial score (nSPS) is 29.5. The molecule has 1 aromatic carbocycles. The second-order valence-electron chi connectivity index (χ2n) is 16.6. The number of benzene rings is 1. The van der Waals surface area contributed by atoms with Crippen molar-refractivity contribution in [3.05, 3.63) is 36.4 Å². The van der Waals surface area contributed by atoms with E-state index in [1.54, 1.807) is 0 Å². The number of ether oxygens (including phenoxy) is 1. The van der Waals surface area contributed by atoms with Crippen LogP contribution in [-0.4, -0.2) is 192 Å². The predicted octanol–water partition coefficient (Wildman–Crippen LogP) is -4.16. The molecule has 3 aliphatic rings. The molecule has 4 rings (SSSR count). The standard InChI is InChI=1S/C40H59N7O19S/c1-5-10-63-40(61)41-9-8-26(52)31-39(60)47-16-19(3)33(54)32(47)37(58)42-15-22(49)11-18(2)34(55)43-29(20(4)48)38(59)46-17-23(50)14-24(46)35(56)44-30(36(57)45-31)27(53)12-21-6-7-25(51)28(13-21)64-67-66-65-62/h5-7,13,18-20,22-24,26-27,29-33,48-54,62H,1,8-12,14-17H2,2-4H3,(H,41,61)(H,42,58)(H,43,55)(H,44,56)(H,45,57)/t18-,19-,20+,22+,23+,24-,26+,27+,29-,30-,31-,32-,33-/m0/s1. The van der Waals surface area contributed by atoms with Crippen molar-refractivity contribution in [1.82, 2.24) is 36.4 Å². The number of carbonyl (C=O) groups excluding carboxylic acids is 7. The van der Waals surface area contributed by atoms with Gasteiger partial charge in [-0.3, -0.25) is 28.8 Å². The summed E-state index contributed by atoms with van der Waals surface area (Å²) in [4.78, 5) is 98.4. The minimum Gasteiger partial charge on any atom is -0.504 e. The number of hydrogen-bond donors (Lipinski definition) is 13. The Labute approximate surface area is 388 Å². The van der Waals surface area contributed by atoms with E-state index >= 15 is 0 Å². The molecular formula is C40H59N7O19S. The van der Waals surface area contributed by atoms with Crippen LogP contribution >= 0.6 is 12.3 Å². The summed E-state index contributed by atoms with van der Waals surface area (Å²) in [6, 6.07) is -5.51. The molecule has 0 radical (unpaired) electrons. The molecule has 67 heavy (non-hydrogen) atoms. The Morgan fingerprint density at radius 3 is 2.24 bits per heavy atom. The highest BCUT2D eigenvalue weighted by Gasteiger charge is 2.49. The van der Waals surface area contributed by atoms with Crippen molar-refractivity contribution in [2.45, 2.75) is 113 Å². The zero-order chi connectivity index (χ0) is 49.7. The van der Waals surface area contributed by atoms with Crippen LogP contribution in [0.1, 0.15) is 45.6 Å². The third-order valence-corrected chi connectivity index (χ3v) is 11.7. The number of β-amino-alcohol motifs (C(OH)–C–C–N with tert-alkyl or cyclic N) is 1. The van der Waals surface area contributed by atoms with E-state index in [4.69, 9.17) is 14.2 Å². The number of fused-ring (bicyclic) bond motifs is 2. The lowest BCUT2D eigenvalue weighted by atomic mass is 9.98. The highest BCUT2D eigenvalue weighted by Crippen LogP contribution is 2.31. The maximum absolute atomic E-state index is 14.6. The van der Waals surface area contributed by atoms with Crippen molar-refractivity contribution >= 4 is 53.9 Å². The number of aromatic hydroxyl groups is 1. The van der Waals surface area contributed by atoms with Crippen LogP contribution < -0.4 is 30.8 Å². The summed E-state index contributed by atoms with van der Waals surface area (Å²) in [6.07, 6.45) is -11.1. The molecule has 1 aromatic rings. The number of phenolic OH excluding ortho intramolecular Hbond substituents is 1. The fourth-order valence-electron chi connectivity index (χ4n) is 7.82. The molecule has 7 amide bonds. The minimum atomic E-state index is -2.10. The summed E-state index contributed by atoms with van der Waals surface area (Å²) in [7, 11) is 0. The van der Waals surface area contributed by atoms with Crippen molar-refractivity contribution in [3.8, 4) is 11.5 Å². The molecule has 0 spiro atoms. The molecule has 0 unspecified atom stereocenters. The number of carbonyl (C=O) groups is 7. The average Bonchev–Trinajstić information content (AvgIpc) is 3.82. The number of nitrogens with zero attached hydrogens (tertiary/aromatic N) is 2. The number of nitrogens with one attached hydrogen (secondary N) is 5. The zero-order valence-corrected chi connectivity index (χ0v) is 37.6. The van der Waals surface area contributed by atoms with E-state index in [9.17, 15) is 69.3 Å². The lowest BCUT2D eigenvalue weighted by molar-refractivity contribution is -0.433. The molecule has 13 atom stereocenters. The van der Waals surface area contributed by atoms with Gasteiger partial charge in [-0.25, -0.2) is 10.1 Å². The van der Waals surface area contributed by atoms with Crippen molar-refractivity contribution in [2.75, 3.05) is 32.8 Å². The molecule has 0 bridgehead atoms.